The SMILES string of the molecule is Cc1nc(CCN)n(-c2ccc(C(C)(C)C)cc2)n1. The van der Waals surface area contributed by atoms with Crippen molar-refractivity contribution < 1.29 is 0 Å². The fourth-order valence-corrected chi connectivity index (χ4v) is 2.06. The van der Waals surface area contributed by atoms with Gasteiger partial charge in [-0.3, -0.25) is 0 Å². The summed E-state index contributed by atoms with van der Waals surface area (Å²) in [5, 5.41) is 4.44. The third-order valence-corrected chi connectivity index (χ3v) is 3.13. The number of benzene rings is 1. The molecule has 102 valence electrons. The van der Waals surface area contributed by atoms with Crippen molar-refractivity contribution in [1.29, 1.82) is 0 Å². The van der Waals surface area contributed by atoms with Crippen LogP contribution in [-0.4, -0.2) is 21.3 Å². The summed E-state index contributed by atoms with van der Waals surface area (Å²) in [6, 6.07) is 8.49. The summed E-state index contributed by atoms with van der Waals surface area (Å²) < 4.78 is 1.88. The minimum Gasteiger partial charge on any atom is -0.330 e. The van der Waals surface area contributed by atoms with Gasteiger partial charge in [-0.15, -0.1) is 0 Å². The molecule has 1 aromatic heterocycles. The average Bonchev–Trinajstić information content (AvgIpc) is 2.70. The molecule has 2 N–H and O–H groups in total. The molecule has 0 saturated carbocycles. The summed E-state index contributed by atoms with van der Waals surface area (Å²) in [6.45, 7) is 9.11. The summed E-state index contributed by atoms with van der Waals surface area (Å²) in [4.78, 5) is 4.42. The molecule has 0 atom stereocenters. The van der Waals surface area contributed by atoms with Crippen LogP contribution in [0.25, 0.3) is 5.69 Å². The Morgan fingerprint density at radius 1 is 1.16 bits per heavy atom. The zero-order valence-electron chi connectivity index (χ0n) is 12.1. The lowest BCUT2D eigenvalue weighted by molar-refractivity contribution is 0.590. The van der Waals surface area contributed by atoms with Gasteiger partial charge >= 0.3 is 0 Å². The van der Waals surface area contributed by atoms with Crippen LogP contribution < -0.4 is 5.73 Å². The third-order valence-electron chi connectivity index (χ3n) is 3.13. The van der Waals surface area contributed by atoms with Gasteiger partial charge in [-0.25, -0.2) is 9.67 Å². The van der Waals surface area contributed by atoms with Crippen LogP contribution in [0.15, 0.2) is 24.3 Å². The summed E-state index contributed by atoms with van der Waals surface area (Å²) >= 11 is 0. The first-order valence-corrected chi connectivity index (χ1v) is 6.65. The van der Waals surface area contributed by atoms with Crippen LogP contribution in [-0.2, 0) is 11.8 Å². The standard InChI is InChI=1S/C15H22N4/c1-11-17-14(9-10-16)19(18-11)13-7-5-12(6-8-13)15(2,3)4/h5-8H,9-10,16H2,1-4H3. The monoisotopic (exact) mass is 258 g/mol. The number of aryl methyl sites for hydroxylation is 1. The van der Waals surface area contributed by atoms with Crippen molar-refractivity contribution >= 4 is 0 Å². The topological polar surface area (TPSA) is 56.7 Å². The Morgan fingerprint density at radius 2 is 1.79 bits per heavy atom. The maximum Gasteiger partial charge on any atom is 0.148 e. The van der Waals surface area contributed by atoms with Crippen LogP contribution in [0.5, 0.6) is 0 Å². The predicted molar refractivity (Wildman–Crippen MR) is 77.6 cm³/mol. The Balaban J connectivity index is 2.37. The van der Waals surface area contributed by atoms with E-state index in [0.29, 0.717) is 6.54 Å². The van der Waals surface area contributed by atoms with E-state index in [1.54, 1.807) is 0 Å². The maximum atomic E-state index is 5.62. The number of nitrogens with two attached hydrogens (primary N) is 1. The van der Waals surface area contributed by atoms with Crippen molar-refractivity contribution in [2.24, 2.45) is 5.73 Å². The smallest absolute Gasteiger partial charge is 0.148 e. The number of nitrogens with zero attached hydrogens (tertiary/aromatic N) is 3. The molecule has 0 aliphatic rings. The van der Waals surface area contributed by atoms with Crippen LogP contribution in [0.4, 0.5) is 0 Å². The van der Waals surface area contributed by atoms with Crippen LogP contribution >= 0.6 is 0 Å². The first kappa shape index (κ1) is 13.7. The molecule has 0 fully saturated rings. The molecule has 2 rings (SSSR count). The molecular weight excluding hydrogens is 236 g/mol. The fourth-order valence-electron chi connectivity index (χ4n) is 2.06. The Bertz CT molecular complexity index is 547. The molecule has 0 aliphatic heterocycles. The molecule has 0 spiro atoms. The highest BCUT2D eigenvalue weighted by Gasteiger charge is 2.14. The van der Waals surface area contributed by atoms with Gasteiger partial charge in [-0.1, -0.05) is 32.9 Å². The molecule has 1 heterocycles. The molecular formula is C15H22N4. The zero-order chi connectivity index (χ0) is 14.0. The molecule has 2 aromatic rings. The van der Waals surface area contributed by atoms with Crippen molar-refractivity contribution in [2.45, 2.75) is 39.5 Å². The lowest BCUT2D eigenvalue weighted by Crippen LogP contribution is -2.12. The van der Waals surface area contributed by atoms with Crippen LogP contribution in [0.2, 0.25) is 0 Å². The van der Waals surface area contributed by atoms with E-state index < -0.39 is 0 Å². The molecule has 0 unspecified atom stereocenters. The third kappa shape index (κ3) is 3.01. The Labute approximate surface area is 114 Å². The van der Waals surface area contributed by atoms with Gasteiger partial charge < -0.3 is 5.73 Å². The predicted octanol–water partition coefficient (Wildman–Crippen LogP) is 2.37. The van der Waals surface area contributed by atoms with Gasteiger partial charge in [0, 0.05) is 6.42 Å². The number of hydrogen-bond acceptors (Lipinski definition) is 3. The highest BCUT2D eigenvalue weighted by molar-refractivity contribution is 5.37. The maximum absolute atomic E-state index is 5.62. The fraction of sp³-hybridized carbons (Fsp3) is 0.467. The zero-order valence-corrected chi connectivity index (χ0v) is 12.1. The van der Waals surface area contributed by atoms with E-state index in [-0.39, 0.29) is 5.41 Å². The molecule has 4 heteroatoms. The Kier molecular flexibility index (Phi) is 3.71. The van der Waals surface area contributed by atoms with Gasteiger partial charge in [0.05, 0.1) is 5.69 Å². The van der Waals surface area contributed by atoms with E-state index in [0.717, 1.165) is 23.8 Å². The highest BCUT2D eigenvalue weighted by atomic mass is 15.3. The summed E-state index contributed by atoms with van der Waals surface area (Å²) in [7, 11) is 0. The van der Waals surface area contributed by atoms with Gasteiger partial charge in [0.2, 0.25) is 0 Å². The first-order chi connectivity index (χ1) is 8.91. The molecule has 0 bridgehead atoms. The van der Waals surface area contributed by atoms with Gasteiger partial charge in [0.1, 0.15) is 11.6 Å². The van der Waals surface area contributed by atoms with E-state index in [2.05, 4.69) is 55.1 Å². The lowest BCUT2D eigenvalue weighted by Gasteiger charge is -2.19. The number of hydrogen-bond donors (Lipinski definition) is 1. The lowest BCUT2D eigenvalue weighted by atomic mass is 9.87. The molecule has 0 amide bonds. The van der Waals surface area contributed by atoms with E-state index >= 15 is 0 Å². The van der Waals surface area contributed by atoms with Crippen molar-refractivity contribution in [1.82, 2.24) is 14.8 Å². The number of rotatable bonds is 3. The normalized spacial score (nSPS) is 11.8. The first-order valence-electron chi connectivity index (χ1n) is 6.65. The van der Waals surface area contributed by atoms with Crippen LogP contribution in [0, 0.1) is 6.92 Å². The van der Waals surface area contributed by atoms with Crippen molar-refractivity contribution in [2.75, 3.05) is 6.54 Å². The quantitative estimate of drug-likeness (QED) is 0.919. The minimum atomic E-state index is 0.164. The molecule has 4 nitrogen and oxygen atoms in total. The van der Waals surface area contributed by atoms with Gasteiger partial charge in [-0.05, 0) is 36.6 Å². The largest absolute Gasteiger partial charge is 0.330 e. The number of aromatic nitrogens is 3. The van der Waals surface area contributed by atoms with E-state index in [1.807, 2.05) is 11.6 Å². The summed E-state index contributed by atoms with van der Waals surface area (Å²) in [5.41, 5.74) is 8.13. The van der Waals surface area contributed by atoms with Crippen LogP contribution in [0.3, 0.4) is 0 Å². The Morgan fingerprint density at radius 3 is 2.32 bits per heavy atom. The Hall–Kier alpha value is -1.68. The van der Waals surface area contributed by atoms with E-state index in [9.17, 15) is 0 Å². The van der Waals surface area contributed by atoms with Crippen LogP contribution in [0.1, 0.15) is 38.0 Å². The molecule has 0 saturated heterocycles. The van der Waals surface area contributed by atoms with Crippen molar-refractivity contribution in [3.05, 3.63) is 41.5 Å². The van der Waals surface area contributed by atoms with E-state index in [1.165, 1.54) is 5.56 Å². The van der Waals surface area contributed by atoms with Gasteiger partial charge in [-0.2, -0.15) is 5.10 Å². The molecule has 1 aromatic carbocycles. The molecule has 19 heavy (non-hydrogen) atoms. The average molecular weight is 258 g/mol. The van der Waals surface area contributed by atoms with E-state index in [4.69, 9.17) is 5.73 Å². The second kappa shape index (κ2) is 5.13. The van der Waals surface area contributed by atoms with Gasteiger partial charge in [0.15, 0.2) is 0 Å². The summed E-state index contributed by atoms with van der Waals surface area (Å²) in [5.74, 6) is 1.70. The molecule has 0 radical (unpaired) electrons. The van der Waals surface area contributed by atoms with Crippen molar-refractivity contribution in [3.63, 3.8) is 0 Å². The minimum absolute atomic E-state index is 0.164. The molecule has 0 aliphatic carbocycles. The van der Waals surface area contributed by atoms with Gasteiger partial charge in [0.25, 0.3) is 0 Å². The second-order valence-electron chi connectivity index (χ2n) is 5.82. The highest BCUT2D eigenvalue weighted by Crippen LogP contribution is 2.23. The van der Waals surface area contributed by atoms with Crippen molar-refractivity contribution in [3.8, 4) is 5.69 Å². The summed E-state index contributed by atoms with van der Waals surface area (Å²) in [6.07, 6.45) is 0.738. The second-order valence-corrected chi connectivity index (χ2v) is 5.82.